The SMILES string of the molecule is Cc1cc(C(=O)N2C[C@@H](C)[C@H](C(=O)O)C2)nn1-c1ccccc1Cl. The number of para-hydroxylation sites is 1. The van der Waals surface area contributed by atoms with Gasteiger partial charge in [-0.1, -0.05) is 30.7 Å². The van der Waals surface area contributed by atoms with Crippen LogP contribution in [-0.2, 0) is 4.79 Å². The summed E-state index contributed by atoms with van der Waals surface area (Å²) >= 11 is 6.20. The molecule has 1 saturated heterocycles. The van der Waals surface area contributed by atoms with Crippen LogP contribution in [0.4, 0.5) is 0 Å². The predicted octanol–water partition coefficient (Wildman–Crippen LogP) is 2.63. The van der Waals surface area contributed by atoms with Gasteiger partial charge in [0, 0.05) is 18.8 Å². The van der Waals surface area contributed by atoms with Crippen LogP contribution < -0.4 is 0 Å². The molecule has 1 amide bonds. The molecule has 0 radical (unpaired) electrons. The molecule has 1 aliphatic rings. The van der Waals surface area contributed by atoms with Gasteiger partial charge in [0.15, 0.2) is 5.69 Å². The Hall–Kier alpha value is -2.34. The number of aromatic nitrogens is 2. The minimum atomic E-state index is -0.865. The third-order valence-electron chi connectivity index (χ3n) is 4.40. The molecule has 126 valence electrons. The molecule has 1 N–H and O–H groups in total. The van der Waals surface area contributed by atoms with Crippen molar-refractivity contribution in [1.29, 1.82) is 0 Å². The summed E-state index contributed by atoms with van der Waals surface area (Å²) in [5, 5.41) is 14.1. The molecule has 0 saturated carbocycles. The largest absolute Gasteiger partial charge is 0.481 e. The summed E-state index contributed by atoms with van der Waals surface area (Å²) in [7, 11) is 0. The molecular weight excluding hydrogens is 330 g/mol. The number of carbonyl (C=O) groups is 2. The highest BCUT2D eigenvalue weighted by molar-refractivity contribution is 6.32. The molecule has 1 aromatic heterocycles. The minimum absolute atomic E-state index is 0.0711. The molecule has 0 spiro atoms. The van der Waals surface area contributed by atoms with E-state index in [9.17, 15) is 14.7 Å². The highest BCUT2D eigenvalue weighted by Gasteiger charge is 2.37. The van der Waals surface area contributed by atoms with E-state index in [4.69, 9.17) is 11.6 Å². The van der Waals surface area contributed by atoms with E-state index < -0.39 is 11.9 Å². The van der Waals surface area contributed by atoms with Gasteiger partial charge in [0.1, 0.15) is 0 Å². The van der Waals surface area contributed by atoms with E-state index in [1.807, 2.05) is 32.0 Å². The van der Waals surface area contributed by atoms with Gasteiger partial charge < -0.3 is 10.0 Å². The quantitative estimate of drug-likeness (QED) is 0.926. The fourth-order valence-electron chi connectivity index (χ4n) is 3.06. The van der Waals surface area contributed by atoms with Gasteiger partial charge in [-0.05, 0) is 31.0 Å². The summed E-state index contributed by atoms with van der Waals surface area (Å²) in [4.78, 5) is 25.4. The lowest BCUT2D eigenvalue weighted by Crippen LogP contribution is -2.30. The van der Waals surface area contributed by atoms with E-state index in [1.165, 1.54) is 0 Å². The van der Waals surface area contributed by atoms with Crippen molar-refractivity contribution in [2.45, 2.75) is 13.8 Å². The summed E-state index contributed by atoms with van der Waals surface area (Å²) in [5.41, 5.74) is 1.79. The standard InChI is InChI=1S/C17H18ClN3O3/c1-10-8-20(9-12(10)17(23)24)16(22)14-7-11(2)21(19-14)15-6-4-3-5-13(15)18/h3-7,10,12H,8-9H2,1-2H3,(H,23,24)/t10-,12-/m1/s1. The van der Waals surface area contributed by atoms with Crippen molar-refractivity contribution >= 4 is 23.5 Å². The van der Waals surface area contributed by atoms with E-state index in [0.29, 0.717) is 22.9 Å². The molecule has 0 unspecified atom stereocenters. The Kier molecular flexibility index (Phi) is 4.32. The van der Waals surface area contributed by atoms with Crippen LogP contribution in [0.15, 0.2) is 30.3 Å². The molecular formula is C17H18ClN3O3. The lowest BCUT2D eigenvalue weighted by atomic mass is 9.99. The number of aliphatic carboxylic acids is 1. The van der Waals surface area contributed by atoms with Gasteiger partial charge in [-0.3, -0.25) is 9.59 Å². The van der Waals surface area contributed by atoms with E-state index >= 15 is 0 Å². The fourth-order valence-corrected chi connectivity index (χ4v) is 3.28. The molecule has 6 nitrogen and oxygen atoms in total. The molecule has 1 aliphatic heterocycles. The lowest BCUT2D eigenvalue weighted by Gasteiger charge is -2.14. The predicted molar refractivity (Wildman–Crippen MR) is 89.5 cm³/mol. The molecule has 7 heteroatoms. The van der Waals surface area contributed by atoms with Gasteiger partial charge in [-0.25, -0.2) is 4.68 Å². The zero-order valence-electron chi connectivity index (χ0n) is 13.4. The van der Waals surface area contributed by atoms with Crippen molar-refractivity contribution in [2.75, 3.05) is 13.1 Å². The first-order valence-corrected chi connectivity index (χ1v) is 8.10. The summed E-state index contributed by atoms with van der Waals surface area (Å²) in [6, 6.07) is 8.97. The number of benzene rings is 1. The first-order valence-electron chi connectivity index (χ1n) is 7.72. The summed E-state index contributed by atoms with van der Waals surface area (Å²) < 4.78 is 1.63. The average molecular weight is 348 g/mol. The number of hydrogen-bond acceptors (Lipinski definition) is 3. The van der Waals surface area contributed by atoms with Gasteiger partial charge >= 0.3 is 5.97 Å². The van der Waals surface area contributed by atoms with Crippen molar-refractivity contribution in [3.05, 3.63) is 46.7 Å². The average Bonchev–Trinajstić information content (AvgIpc) is 3.10. The number of hydrogen-bond donors (Lipinski definition) is 1. The molecule has 2 aromatic rings. The third kappa shape index (κ3) is 2.89. The molecule has 1 aromatic carbocycles. The van der Waals surface area contributed by atoms with Crippen molar-refractivity contribution in [3.8, 4) is 5.69 Å². The van der Waals surface area contributed by atoms with E-state index in [-0.39, 0.29) is 18.4 Å². The Balaban J connectivity index is 1.87. The molecule has 1 fully saturated rings. The van der Waals surface area contributed by atoms with Gasteiger partial charge in [0.2, 0.25) is 0 Å². The number of amides is 1. The third-order valence-corrected chi connectivity index (χ3v) is 4.72. The number of carboxylic acids is 1. The van der Waals surface area contributed by atoms with Crippen molar-refractivity contribution in [1.82, 2.24) is 14.7 Å². The number of carbonyl (C=O) groups excluding carboxylic acids is 1. The zero-order chi connectivity index (χ0) is 17.4. The smallest absolute Gasteiger partial charge is 0.308 e. The number of nitrogens with zero attached hydrogens (tertiary/aromatic N) is 3. The van der Waals surface area contributed by atoms with Crippen LogP contribution in [0.5, 0.6) is 0 Å². The van der Waals surface area contributed by atoms with Crippen LogP contribution in [-0.4, -0.2) is 44.8 Å². The Morgan fingerprint density at radius 3 is 2.62 bits per heavy atom. The van der Waals surface area contributed by atoms with Crippen molar-refractivity contribution in [3.63, 3.8) is 0 Å². The lowest BCUT2D eigenvalue weighted by molar-refractivity contribution is -0.142. The Bertz CT molecular complexity index is 802. The van der Waals surface area contributed by atoms with E-state index in [0.717, 1.165) is 5.69 Å². The number of halogens is 1. The highest BCUT2D eigenvalue weighted by atomic mass is 35.5. The van der Waals surface area contributed by atoms with E-state index in [1.54, 1.807) is 21.7 Å². The van der Waals surface area contributed by atoms with Gasteiger partial charge in [-0.15, -0.1) is 0 Å². The van der Waals surface area contributed by atoms with Gasteiger partial charge in [0.05, 0.1) is 16.6 Å². The van der Waals surface area contributed by atoms with Crippen LogP contribution in [0.25, 0.3) is 5.69 Å². The molecule has 3 rings (SSSR count). The Morgan fingerprint density at radius 2 is 2.00 bits per heavy atom. The molecule has 2 atom stereocenters. The summed E-state index contributed by atoms with van der Waals surface area (Å²) in [6.07, 6.45) is 0. The molecule has 24 heavy (non-hydrogen) atoms. The normalized spacial score (nSPS) is 20.4. The number of aryl methyl sites for hydroxylation is 1. The maximum atomic E-state index is 12.7. The number of carboxylic acid groups (broad SMARTS) is 1. The van der Waals surface area contributed by atoms with Gasteiger partial charge in [-0.2, -0.15) is 5.10 Å². The second kappa shape index (κ2) is 6.28. The van der Waals surface area contributed by atoms with Crippen molar-refractivity contribution < 1.29 is 14.7 Å². The maximum absolute atomic E-state index is 12.7. The minimum Gasteiger partial charge on any atom is -0.481 e. The highest BCUT2D eigenvalue weighted by Crippen LogP contribution is 2.26. The number of rotatable bonds is 3. The van der Waals surface area contributed by atoms with Crippen molar-refractivity contribution in [2.24, 2.45) is 11.8 Å². The second-order valence-corrected chi connectivity index (χ2v) is 6.57. The first kappa shape index (κ1) is 16.5. The number of likely N-dealkylation sites (tertiary alicyclic amines) is 1. The van der Waals surface area contributed by atoms with Crippen LogP contribution in [0.1, 0.15) is 23.1 Å². The van der Waals surface area contributed by atoms with Crippen LogP contribution in [0.2, 0.25) is 5.02 Å². The monoisotopic (exact) mass is 347 g/mol. The van der Waals surface area contributed by atoms with Crippen LogP contribution in [0, 0.1) is 18.8 Å². The van der Waals surface area contributed by atoms with Crippen LogP contribution in [0.3, 0.4) is 0 Å². The summed E-state index contributed by atoms with van der Waals surface area (Å²) in [5.74, 6) is -1.71. The fraction of sp³-hybridized carbons (Fsp3) is 0.353. The zero-order valence-corrected chi connectivity index (χ0v) is 14.2. The molecule has 2 heterocycles. The summed E-state index contributed by atoms with van der Waals surface area (Å²) in [6.45, 7) is 4.33. The maximum Gasteiger partial charge on any atom is 0.308 e. The van der Waals surface area contributed by atoms with Gasteiger partial charge in [0.25, 0.3) is 5.91 Å². The Labute approximate surface area is 144 Å². The molecule has 0 aliphatic carbocycles. The molecule has 0 bridgehead atoms. The van der Waals surface area contributed by atoms with Crippen LogP contribution >= 0.6 is 11.6 Å². The first-order chi connectivity index (χ1) is 11.4. The Morgan fingerprint density at radius 1 is 1.29 bits per heavy atom. The topological polar surface area (TPSA) is 75.4 Å². The van der Waals surface area contributed by atoms with E-state index in [2.05, 4.69) is 5.10 Å². The second-order valence-electron chi connectivity index (χ2n) is 6.17.